The number of carbonyl (C=O) groups is 3. The van der Waals surface area contributed by atoms with Crippen molar-refractivity contribution in [2.75, 3.05) is 29.9 Å². The van der Waals surface area contributed by atoms with Crippen molar-refractivity contribution in [2.45, 2.75) is 38.1 Å². The minimum absolute atomic E-state index is 0.0707. The van der Waals surface area contributed by atoms with Gasteiger partial charge in [-0.05, 0) is 73.5 Å². The van der Waals surface area contributed by atoms with Crippen molar-refractivity contribution < 1.29 is 19.1 Å². The van der Waals surface area contributed by atoms with Gasteiger partial charge in [0.05, 0.1) is 23.8 Å². The molecule has 5 rings (SSSR count). The monoisotopic (exact) mass is 540 g/mol. The molecule has 4 N–H and O–H groups in total. The molecular formula is C32H36N4O4. The first-order valence-corrected chi connectivity index (χ1v) is 14.0. The highest BCUT2D eigenvalue weighted by molar-refractivity contribution is 6.07. The lowest BCUT2D eigenvalue weighted by Gasteiger charge is -2.31. The van der Waals surface area contributed by atoms with E-state index in [-0.39, 0.29) is 30.7 Å². The third-order valence-corrected chi connectivity index (χ3v) is 7.82. The van der Waals surface area contributed by atoms with E-state index in [1.54, 1.807) is 35.2 Å². The molecule has 40 heavy (non-hydrogen) atoms. The van der Waals surface area contributed by atoms with Gasteiger partial charge < -0.3 is 21.1 Å². The minimum atomic E-state index is -0.532. The number of nitrogens with one attached hydrogen (secondary N) is 2. The standard InChI is InChI=1S/C32H36N4O4/c33-19-22-8-7-9-23(16-22)20-34-32(39)25-14-15-28-27(17-25)35-30(37)18-29(24-10-3-1-4-11-24)36(28)31(38)21-40-26-12-5-2-6-13-26/h1-6,10-15,17,22-23,29H,7-9,16,18-21,33H2,(H,34,39)(H,35,37). The predicted octanol–water partition coefficient (Wildman–Crippen LogP) is 4.68. The van der Waals surface area contributed by atoms with Gasteiger partial charge in [0.15, 0.2) is 6.61 Å². The fraction of sp³-hybridized carbons (Fsp3) is 0.344. The molecule has 1 saturated carbocycles. The number of nitrogens with two attached hydrogens (primary N) is 1. The Balaban J connectivity index is 1.39. The summed E-state index contributed by atoms with van der Waals surface area (Å²) < 4.78 is 5.79. The lowest BCUT2D eigenvalue weighted by molar-refractivity contribution is -0.121. The van der Waals surface area contributed by atoms with Crippen molar-refractivity contribution in [3.05, 3.63) is 90.0 Å². The molecule has 8 nitrogen and oxygen atoms in total. The Morgan fingerprint density at radius 3 is 2.45 bits per heavy atom. The topological polar surface area (TPSA) is 114 Å². The van der Waals surface area contributed by atoms with Crippen LogP contribution in [-0.2, 0) is 9.59 Å². The Labute approximate surface area is 234 Å². The summed E-state index contributed by atoms with van der Waals surface area (Å²) in [6.45, 7) is 1.08. The normalized spacial score (nSPS) is 20.6. The number of carbonyl (C=O) groups excluding carboxylic acids is 3. The molecule has 3 atom stereocenters. The third-order valence-electron chi connectivity index (χ3n) is 7.82. The van der Waals surface area contributed by atoms with Gasteiger partial charge in [-0.25, -0.2) is 0 Å². The van der Waals surface area contributed by atoms with Crippen LogP contribution in [0.15, 0.2) is 78.9 Å². The number of fused-ring (bicyclic) bond motifs is 1. The lowest BCUT2D eigenvalue weighted by atomic mass is 9.81. The first-order valence-electron chi connectivity index (χ1n) is 14.0. The second-order valence-corrected chi connectivity index (χ2v) is 10.6. The van der Waals surface area contributed by atoms with Crippen LogP contribution >= 0.6 is 0 Å². The molecule has 1 aliphatic carbocycles. The van der Waals surface area contributed by atoms with Crippen molar-refractivity contribution in [2.24, 2.45) is 17.6 Å². The first kappa shape index (κ1) is 27.4. The molecule has 0 radical (unpaired) electrons. The van der Waals surface area contributed by atoms with E-state index in [2.05, 4.69) is 10.6 Å². The minimum Gasteiger partial charge on any atom is -0.484 e. The van der Waals surface area contributed by atoms with E-state index in [9.17, 15) is 14.4 Å². The number of nitrogens with zero attached hydrogens (tertiary/aromatic N) is 1. The van der Waals surface area contributed by atoms with Gasteiger partial charge in [-0.2, -0.15) is 0 Å². The number of rotatable bonds is 8. The maximum absolute atomic E-state index is 13.7. The quantitative estimate of drug-likeness (QED) is 0.384. The highest BCUT2D eigenvalue weighted by Gasteiger charge is 2.34. The second kappa shape index (κ2) is 12.8. The largest absolute Gasteiger partial charge is 0.484 e. The molecule has 1 heterocycles. The number of amides is 3. The number of ether oxygens (including phenoxy) is 1. The number of benzene rings is 3. The van der Waals surface area contributed by atoms with Gasteiger partial charge in [0, 0.05) is 12.1 Å². The maximum atomic E-state index is 13.7. The first-order chi connectivity index (χ1) is 19.5. The highest BCUT2D eigenvalue weighted by Crippen LogP contribution is 2.39. The molecule has 0 bridgehead atoms. The summed E-state index contributed by atoms with van der Waals surface area (Å²) >= 11 is 0. The van der Waals surface area contributed by atoms with Crippen LogP contribution in [0.5, 0.6) is 5.75 Å². The molecule has 0 saturated heterocycles. The Morgan fingerprint density at radius 2 is 1.70 bits per heavy atom. The summed E-state index contributed by atoms with van der Waals surface area (Å²) in [5.41, 5.74) is 8.08. The predicted molar refractivity (Wildman–Crippen MR) is 155 cm³/mol. The Hall–Kier alpha value is -4.17. The van der Waals surface area contributed by atoms with Crippen LogP contribution in [0.25, 0.3) is 0 Å². The SMILES string of the molecule is NCC1CCCC(CNC(=O)c2ccc3c(c2)NC(=O)CC(c2ccccc2)N3C(=O)COc2ccccc2)C1. The summed E-state index contributed by atoms with van der Waals surface area (Å²) in [4.78, 5) is 41.5. The zero-order valence-electron chi connectivity index (χ0n) is 22.6. The van der Waals surface area contributed by atoms with Crippen molar-refractivity contribution >= 4 is 29.1 Å². The van der Waals surface area contributed by atoms with E-state index < -0.39 is 6.04 Å². The van der Waals surface area contributed by atoms with Gasteiger partial charge in [-0.1, -0.05) is 55.0 Å². The van der Waals surface area contributed by atoms with E-state index in [4.69, 9.17) is 10.5 Å². The van der Waals surface area contributed by atoms with Crippen LogP contribution in [0.2, 0.25) is 0 Å². The van der Waals surface area contributed by atoms with Gasteiger partial charge in [-0.3, -0.25) is 19.3 Å². The van der Waals surface area contributed by atoms with Gasteiger partial charge in [0.25, 0.3) is 11.8 Å². The zero-order valence-corrected chi connectivity index (χ0v) is 22.6. The molecule has 2 aliphatic rings. The zero-order chi connectivity index (χ0) is 27.9. The van der Waals surface area contributed by atoms with Crippen molar-refractivity contribution in [1.29, 1.82) is 0 Å². The number of anilines is 2. The molecule has 1 fully saturated rings. The van der Waals surface area contributed by atoms with Crippen LogP contribution in [0.1, 0.15) is 54.1 Å². The van der Waals surface area contributed by atoms with Gasteiger partial charge in [-0.15, -0.1) is 0 Å². The number of para-hydroxylation sites is 1. The molecule has 1 aliphatic heterocycles. The molecule has 3 unspecified atom stereocenters. The second-order valence-electron chi connectivity index (χ2n) is 10.6. The molecule has 3 aromatic rings. The number of hydrogen-bond donors (Lipinski definition) is 3. The van der Waals surface area contributed by atoms with Gasteiger partial charge in [0.1, 0.15) is 5.75 Å². The third kappa shape index (κ3) is 6.51. The highest BCUT2D eigenvalue weighted by atomic mass is 16.5. The summed E-state index contributed by atoms with van der Waals surface area (Å²) in [6.07, 6.45) is 4.47. The number of hydrogen-bond acceptors (Lipinski definition) is 5. The summed E-state index contributed by atoms with van der Waals surface area (Å²) in [6, 6.07) is 23.2. The fourth-order valence-electron chi connectivity index (χ4n) is 5.75. The van der Waals surface area contributed by atoms with E-state index >= 15 is 0 Å². The fourth-order valence-corrected chi connectivity index (χ4v) is 5.75. The van der Waals surface area contributed by atoms with Gasteiger partial charge in [0.2, 0.25) is 5.91 Å². The van der Waals surface area contributed by atoms with Crippen LogP contribution in [0, 0.1) is 11.8 Å². The van der Waals surface area contributed by atoms with Crippen molar-refractivity contribution in [1.82, 2.24) is 5.32 Å². The molecule has 0 spiro atoms. The Bertz CT molecular complexity index is 1330. The summed E-state index contributed by atoms with van der Waals surface area (Å²) in [7, 11) is 0. The maximum Gasteiger partial charge on any atom is 0.265 e. The van der Waals surface area contributed by atoms with Gasteiger partial charge >= 0.3 is 0 Å². The van der Waals surface area contributed by atoms with E-state index in [1.807, 2.05) is 48.5 Å². The molecule has 208 valence electrons. The lowest BCUT2D eigenvalue weighted by Crippen LogP contribution is -2.38. The average Bonchev–Trinajstić information content (AvgIpc) is 3.15. The van der Waals surface area contributed by atoms with Crippen LogP contribution < -0.4 is 26.0 Å². The molecule has 0 aromatic heterocycles. The van der Waals surface area contributed by atoms with Crippen molar-refractivity contribution in [3.63, 3.8) is 0 Å². The van der Waals surface area contributed by atoms with E-state index in [0.29, 0.717) is 47.6 Å². The van der Waals surface area contributed by atoms with E-state index in [0.717, 1.165) is 31.2 Å². The van der Waals surface area contributed by atoms with Crippen LogP contribution in [0.3, 0.4) is 0 Å². The Morgan fingerprint density at radius 1 is 0.975 bits per heavy atom. The van der Waals surface area contributed by atoms with Crippen LogP contribution in [-0.4, -0.2) is 37.4 Å². The average molecular weight is 541 g/mol. The molecule has 3 amide bonds. The van der Waals surface area contributed by atoms with Crippen LogP contribution in [0.4, 0.5) is 11.4 Å². The Kier molecular flexibility index (Phi) is 8.76. The smallest absolute Gasteiger partial charge is 0.265 e. The van der Waals surface area contributed by atoms with Crippen molar-refractivity contribution in [3.8, 4) is 5.75 Å². The summed E-state index contributed by atoms with van der Waals surface area (Å²) in [5, 5.41) is 5.99. The van der Waals surface area contributed by atoms with E-state index in [1.165, 1.54) is 0 Å². The molecule has 3 aromatic carbocycles. The summed E-state index contributed by atoms with van der Waals surface area (Å²) in [5.74, 6) is 0.781. The molecule has 8 heteroatoms. The molecular weight excluding hydrogens is 504 g/mol.